The van der Waals surface area contributed by atoms with E-state index in [9.17, 15) is 27.9 Å². The Morgan fingerprint density at radius 2 is 2.00 bits per heavy atom. The number of aromatic hydroxyl groups is 1. The van der Waals surface area contributed by atoms with Crippen LogP contribution in [-0.2, 0) is 17.5 Å². The molecular weight excluding hydrogens is 363 g/mol. The van der Waals surface area contributed by atoms with E-state index in [2.05, 4.69) is 4.98 Å². The molecule has 1 unspecified atom stereocenters. The molecule has 0 bridgehead atoms. The van der Waals surface area contributed by atoms with E-state index in [1.54, 1.807) is 11.9 Å². The average Bonchev–Trinajstić information content (AvgIpc) is 2.60. The molecule has 6 nitrogen and oxygen atoms in total. The van der Waals surface area contributed by atoms with Crippen molar-refractivity contribution in [1.82, 2.24) is 14.5 Å². The number of hydrogen-bond acceptors (Lipinski definition) is 4. The first-order valence-corrected chi connectivity index (χ1v) is 8.38. The minimum absolute atomic E-state index is 0.0275. The second-order valence-electron chi connectivity index (χ2n) is 6.59. The molecule has 1 fully saturated rings. The third-order valence-corrected chi connectivity index (χ3v) is 4.70. The van der Waals surface area contributed by atoms with E-state index in [1.165, 1.54) is 17.1 Å². The Morgan fingerprint density at radius 1 is 1.26 bits per heavy atom. The standard InChI is InChI=1S/C18H18F3N3O3/c1-23-6-2-3-11(16(23)26)9-24-10-22-8-14(17(24)27)13-5-4-12(7-15(13)25)18(19,20)21/h4-5,7-8,10-11,25H,2-3,6,9H2,1H3. The molecule has 1 atom stereocenters. The molecule has 0 saturated carbocycles. The molecule has 0 spiro atoms. The number of piperidine rings is 1. The lowest BCUT2D eigenvalue weighted by atomic mass is 9.97. The quantitative estimate of drug-likeness (QED) is 0.887. The predicted molar refractivity (Wildman–Crippen MR) is 91.0 cm³/mol. The minimum atomic E-state index is -4.60. The number of benzene rings is 1. The van der Waals surface area contributed by atoms with E-state index in [0.717, 1.165) is 18.6 Å². The van der Waals surface area contributed by atoms with Crippen LogP contribution in [0.1, 0.15) is 18.4 Å². The molecule has 2 aromatic rings. The van der Waals surface area contributed by atoms with Crippen LogP contribution in [0, 0.1) is 5.92 Å². The fourth-order valence-electron chi connectivity index (χ4n) is 3.23. The maximum atomic E-state index is 12.7. The summed E-state index contributed by atoms with van der Waals surface area (Å²) in [6, 6.07) is 2.41. The zero-order valence-corrected chi connectivity index (χ0v) is 14.5. The number of nitrogens with zero attached hydrogens (tertiary/aromatic N) is 3. The van der Waals surface area contributed by atoms with Crippen molar-refractivity contribution in [2.24, 2.45) is 5.92 Å². The van der Waals surface area contributed by atoms with Gasteiger partial charge in [0, 0.05) is 31.9 Å². The summed E-state index contributed by atoms with van der Waals surface area (Å²) in [5, 5.41) is 9.98. The van der Waals surface area contributed by atoms with E-state index < -0.39 is 23.0 Å². The topological polar surface area (TPSA) is 75.4 Å². The Kier molecular flexibility index (Phi) is 4.95. The number of phenolic OH excluding ortho intramolecular Hbond substituents is 1. The maximum absolute atomic E-state index is 12.7. The molecule has 1 aromatic heterocycles. The lowest BCUT2D eigenvalue weighted by molar-refractivity contribution is -0.138. The summed E-state index contributed by atoms with van der Waals surface area (Å²) in [6.45, 7) is 0.798. The SMILES string of the molecule is CN1CCCC(Cn2cncc(-c3ccc(C(F)(F)F)cc3O)c2=O)C1=O. The van der Waals surface area contributed by atoms with Crippen LogP contribution in [-0.4, -0.2) is 39.1 Å². The van der Waals surface area contributed by atoms with E-state index in [1.807, 2.05) is 0 Å². The van der Waals surface area contributed by atoms with Crippen LogP contribution in [0.2, 0.25) is 0 Å². The van der Waals surface area contributed by atoms with E-state index in [4.69, 9.17) is 0 Å². The zero-order chi connectivity index (χ0) is 19.8. The van der Waals surface area contributed by atoms with Crippen molar-refractivity contribution in [1.29, 1.82) is 0 Å². The average molecular weight is 381 g/mol. The van der Waals surface area contributed by atoms with Gasteiger partial charge in [-0.05, 0) is 31.0 Å². The van der Waals surface area contributed by atoms with Crippen LogP contribution >= 0.6 is 0 Å². The number of hydrogen-bond donors (Lipinski definition) is 1. The molecule has 9 heteroatoms. The summed E-state index contributed by atoms with van der Waals surface area (Å²) < 4.78 is 39.5. The molecule has 3 rings (SSSR count). The van der Waals surface area contributed by atoms with Gasteiger partial charge in [0.1, 0.15) is 5.75 Å². The van der Waals surface area contributed by atoms with Crippen LogP contribution in [0.25, 0.3) is 11.1 Å². The third-order valence-electron chi connectivity index (χ3n) is 4.70. The summed E-state index contributed by atoms with van der Waals surface area (Å²) in [5.41, 5.74) is -1.60. The number of aromatic nitrogens is 2. The molecule has 27 heavy (non-hydrogen) atoms. The van der Waals surface area contributed by atoms with Crippen LogP contribution in [0.15, 0.2) is 35.5 Å². The summed E-state index contributed by atoms with van der Waals surface area (Å²) in [5.74, 6) is -1.08. The highest BCUT2D eigenvalue weighted by atomic mass is 19.4. The molecule has 1 aromatic carbocycles. The molecule has 144 valence electrons. The van der Waals surface area contributed by atoms with Gasteiger partial charge >= 0.3 is 6.18 Å². The molecule has 1 saturated heterocycles. The Morgan fingerprint density at radius 3 is 2.67 bits per heavy atom. The predicted octanol–water partition coefficient (Wildman–Crippen LogP) is 2.50. The number of phenols is 1. The first-order chi connectivity index (χ1) is 12.7. The minimum Gasteiger partial charge on any atom is -0.507 e. The van der Waals surface area contributed by atoms with Gasteiger partial charge in [0.15, 0.2) is 0 Å². The fourth-order valence-corrected chi connectivity index (χ4v) is 3.23. The number of halogens is 3. The number of amides is 1. The highest BCUT2D eigenvalue weighted by molar-refractivity contribution is 5.79. The molecule has 2 heterocycles. The molecule has 1 N–H and O–H groups in total. The van der Waals surface area contributed by atoms with Gasteiger partial charge < -0.3 is 10.0 Å². The van der Waals surface area contributed by atoms with E-state index in [-0.39, 0.29) is 29.5 Å². The first kappa shape index (κ1) is 18.9. The lowest BCUT2D eigenvalue weighted by Gasteiger charge is -2.29. The zero-order valence-electron chi connectivity index (χ0n) is 14.5. The summed E-state index contributed by atoms with van der Waals surface area (Å²) in [7, 11) is 1.70. The van der Waals surface area contributed by atoms with Crippen molar-refractivity contribution in [2.75, 3.05) is 13.6 Å². The van der Waals surface area contributed by atoms with Gasteiger partial charge in [-0.25, -0.2) is 4.98 Å². The number of alkyl halides is 3. The number of carbonyl (C=O) groups is 1. The highest BCUT2D eigenvalue weighted by Crippen LogP contribution is 2.35. The normalized spacial score (nSPS) is 18.0. The Balaban J connectivity index is 1.94. The Bertz CT molecular complexity index is 924. The smallest absolute Gasteiger partial charge is 0.416 e. The summed E-state index contributed by atoms with van der Waals surface area (Å²) in [4.78, 5) is 30.5. The number of carbonyl (C=O) groups excluding carboxylic acids is 1. The van der Waals surface area contributed by atoms with Crippen molar-refractivity contribution < 1.29 is 23.1 Å². The molecule has 0 radical (unpaired) electrons. The molecule has 1 aliphatic heterocycles. The highest BCUT2D eigenvalue weighted by Gasteiger charge is 2.31. The van der Waals surface area contributed by atoms with Crippen molar-refractivity contribution in [3.63, 3.8) is 0 Å². The number of likely N-dealkylation sites (tertiary alicyclic amines) is 1. The van der Waals surface area contributed by atoms with Crippen molar-refractivity contribution in [3.8, 4) is 16.9 Å². The van der Waals surface area contributed by atoms with Crippen molar-refractivity contribution in [2.45, 2.75) is 25.6 Å². The maximum Gasteiger partial charge on any atom is 0.416 e. The Hall–Kier alpha value is -2.84. The number of rotatable bonds is 3. The van der Waals surface area contributed by atoms with Gasteiger partial charge in [-0.3, -0.25) is 14.2 Å². The molecule has 0 aliphatic carbocycles. The summed E-state index contributed by atoms with van der Waals surface area (Å²) >= 11 is 0. The molecule has 1 aliphatic rings. The van der Waals surface area contributed by atoms with Crippen molar-refractivity contribution >= 4 is 5.91 Å². The van der Waals surface area contributed by atoms with Crippen LogP contribution in [0.5, 0.6) is 5.75 Å². The van der Waals surface area contributed by atoms with E-state index in [0.29, 0.717) is 19.0 Å². The molecule has 1 amide bonds. The van der Waals surface area contributed by atoms with Gasteiger partial charge in [-0.1, -0.05) is 0 Å². The van der Waals surface area contributed by atoms with Gasteiger partial charge in [-0.15, -0.1) is 0 Å². The largest absolute Gasteiger partial charge is 0.507 e. The third kappa shape index (κ3) is 3.81. The second-order valence-corrected chi connectivity index (χ2v) is 6.59. The molecular formula is C18H18F3N3O3. The van der Waals surface area contributed by atoms with Crippen LogP contribution < -0.4 is 5.56 Å². The van der Waals surface area contributed by atoms with Gasteiger partial charge in [0.2, 0.25) is 5.91 Å². The van der Waals surface area contributed by atoms with Crippen LogP contribution in [0.3, 0.4) is 0 Å². The first-order valence-electron chi connectivity index (χ1n) is 8.38. The van der Waals surface area contributed by atoms with Gasteiger partial charge in [0.25, 0.3) is 5.56 Å². The van der Waals surface area contributed by atoms with Gasteiger partial charge in [0.05, 0.1) is 23.4 Å². The van der Waals surface area contributed by atoms with Gasteiger partial charge in [-0.2, -0.15) is 13.2 Å². The lowest BCUT2D eigenvalue weighted by Crippen LogP contribution is -2.41. The van der Waals surface area contributed by atoms with E-state index >= 15 is 0 Å². The Labute approximate surface area is 152 Å². The summed E-state index contributed by atoms with van der Waals surface area (Å²) in [6.07, 6.45) is -0.650. The van der Waals surface area contributed by atoms with Crippen LogP contribution in [0.4, 0.5) is 13.2 Å². The monoisotopic (exact) mass is 381 g/mol. The second kappa shape index (κ2) is 7.05. The van der Waals surface area contributed by atoms with Crippen molar-refractivity contribution in [3.05, 3.63) is 46.6 Å². The fraction of sp³-hybridized carbons (Fsp3) is 0.389.